The number of hydrogen-bond donors (Lipinski definition) is 1. The van der Waals surface area contributed by atoms with Gasteiger partial charge in [0.25, 0.3) is 0 Å². The number of sulfonamides is 1. The third-order valence-electron chi connectivity index (χ3n) is 3.41. The van der Waals surface area contributed by atoms with Gasteiger partial charge in [-0.3, -0.25) is 0 Å². The number of benzene rings is 2. The second-order valence-corrected chi connectivity index (χ2v) is 7.69. The second-order valence-electron chi connectivity index (χ2n) is 5.04. The molecule has 0 fully saturated rings. The predicted octanol–water partition coefficient (Wildman–Crippen LogP) is 3.34. The number of halogens is 1. The number of nitrogens with one attached hydrogen (secondary N) is 1. The van der Waals surface area contributed by atoms with E-state index in [0.717, 1.165) is 5.56 Å². The monoisotopic (exact) mass is 429 g/mol. The van der Waals surface area contributed by atoms with Gasteiger partial charge in [0.05, 0.1) is 20.8 Å². The maximum absolute atomic E-state index is 12.6. The molecule has 25 heavy (non-hydrogen) atoms. The van der Waals surface area contributed by atoms with Gasteiger partial charge >= 0.3 is 0 Å². The van der Waals surface area contributed by atoms with Crippen LogP contribution in [0.1, 0.15) is 12.5 Å². The molecule has 2 aromatic rings. The van der Waals surface area contributed by atoms with Crippen molar-refractivity contribution in [2.45, 2.75) is 18.4 Å². The molecule has 136 valence electrons. The highest BCUT2D eigenvalue weighted by Gasteiger charge is 2.20. The zero-order chi connectivity index (χ0) is 18.4. The van der Waals surface area contributed by atoms with E-state index in [4.69, 9.17) is 14.2 Å². The smallest absolute Gasteiger partial charge is 0.244 e. The predicted molar refractivity (Wildman–Crippen MR) is 98.9 cm³/mol. The van der Waals surface area contributed by atoms with E-state index < -0.39 is 10.0 Å². The molecule has 1 N–H and O–H groups in total. The largest absolute Gasteiger partial charge is 0.495 e. The van der Waals surface area contributed by atoms with Gasteiger partial charge in [-0.25, -0.2) is 13.1 Å². The molecular formula is C17H20BrNO5S. The Kier molecular flexibility index (Phi) is 6.69. The number of methoxy groups -OCH3 is 2. The Bertz CT molecular complexity index is 839. The summed E-state index contributed by atoms with van der Waals surface area (Å²) in [6.45, 7) is 2.51. The Morgan fingerprint density at radius 1 is 1.00 bits per heavy atom. The van der Waals surface area contributed by atoms with Gasteiger partial charge in [0.1, 0.15) is 10.6 Å². The van der Waals surface area contributed by atoms with E-state index in [0.29, 0.717) is 22.6 Å². The van der Waals surface area contributed by atoms with Gasteiger partial charge in [-0.15, -0.1) is 0 Å². The van der Waals surface area contributed by atoms with Crippen molar-refractivity contribution in [1.29, 1.82) is 0 Å². The average Bonchev–Trinajstić information content (AvgIpc) is 2.61. The van der Waals surface area contributed by atoms with Crippen molar-refractivity contribution in [3.8, 4) is 17.2 Å². The van der Waals surface area contributed by atoms with Crippen LogP contribution in [0.25, 0.3) is 0 Å². The van der Waals surface area contributed by atoms with Crippen LogP contribution < -0.4 is 18.9 Å². The third-order valence-corrected chi connectivity index (χ3v) is 5.33. The van der Waals surface area contributed by atoms with Gasteiger partial charge in [0, 0.05) is 11.0 Å². The Hall–Kier alpha value is -1.77. The van der Waals surface area contributed by atoms with Crippen molar-refractivity contribution in [2.24, 2.45) is 0 Å². The zero-order valence-electron chi connectivity index (χ0n) is 14.2. The van der Waals surface area contributed by atoms with Crippen LogP contribution in [0.4, 0.5) is 0 Å². The molecule has 0 aliphatic carbocycles. The van der Waals surface area contributed by atoms with Gasteiger partial charge in [-0.1, -0.05) is 22.0 Å². The summed E-state index contributed by atoms with van der Waals surface area (Å²) in [5, 5.41) is 0. The second kappa shape index (κ2) is 8.55. The molecular weight excluding hydrogens is 410 g/mol. The molecule has 0 saturated heterocycles. The maximum Gasteiger partial charge on any atom is 0.244 e. The summed E-state index contributed by atoms with van der Waals surface area (Å²) in [7, 11) is -0.771. The number of rotatable bonds is 8. The lowest BCUT2D eigenvalue weighted by Crippen LogP contribution is -2.23. The minimum absolute atomic E-state index is 0.0716. The topological polar surface area (TPSA) is 73.9 Å². The fraction of sp³-hybridized carbons (Fsp3) is 0.294. The molecule has 0 atom stereocenters. The quantitative estimate of drug-likeness (QED) is 0.696. The van der Waals surface area contributed by atoms with E-state index in [9.17, 15) is 8.42 Å². The first kappa shape index (κ1) is 19.6. The molecule has 0 spiro atoms. The first-order valence-electron chi connectivity index (χ1n) is 7.54. The Balaban J connectivity index is 2.21. The lowest BCUT2D eigenvalue weighted by atomic mass is 10.2. The van der Waals surface area contributed by atoms with E-state index in [-0.39, 0.29) is 17.2 Å². The molecule has 0 amide bonds. The summed E-state index contributed by atoms with van der Waals surface area (Å²) >= 11 is 3.28. The lowest BCUT2D eigenvalue weighted by Gasteiger charge is -2.13. The standard InChI is InChI=1S/C17H20BrNO5S/c1-4-24-14-7-5-12(9-16(14)23-3)11-19-25(20,21)17-10-13(18)6-8-15(17)22-2/h5-10,19H,4,11H2,1-3H3. The lowest BCUT2D eigenvalue weighted by molar-refractivity contribution is 0.310. The van der Waals surface area contributed by atoms with Crippen LogP contribution in [0.15, 0.2) is 45.8 Å². The van der Waals surface area contributed by atoms with Crippen LogP contribution in [-0.2, 0) is 16.6 Å². The van der Waals surface area contributed by atoms with Gasteiger partial charge in [-0.05, 0) is 42.8 Å². The first-order valence-corrected chi connectivity index (χ1v) is 9.81. The molecule has 0 aliphatic heterocycles. The zero-order valence-corrected chi connectivity index (χ0v) is 16.6. The van der Waals surface area contributed by atoms with Crippen LogP contribution in [0.2, 0.25) is 0 Å². The van der Waals surface area contributed by atoms with Crippen LogP contribution in [0, 0.1) is 0 Å². The molecule has 0 bridgehead atoms. The van der Waals surface area contributed by atoms with Crippen molar-refractivity contribution in [2.75, 3.05) is 20.8 Å². The van der Waals surface area contributed by atoms with E-state index in [1.165, 1.54) is 20.3 Å². The van der Waals surface area contributed by atoms with Gasteiger partial charge in [0.2, 0.25) is 10.0 Å². The van der Waals surface area contributed by atoms with Crippen molar-refractivity contribution in [1.82, 2.24) is 4.72 Å². The van der Waals surface area contributed by atoms with Crippen LogP contribution in [0.5, 0.6) is 17.2 Å². The minimum Gasteiger partial charge on any atom is -0.495 e. The molecule has 0 unspecified atom stereocenters. The Morgan fingerprint density at radius 3 is 2.32 bits per heavy atom. The summed E-state index contributed by atoms with van der Waals surface area (Å²) in [4.78, 5) is 0.0716. The van der Waals surface area contributed by atoms with Crippen molar-refractivity contribution >= 4 is 26.0 Å². The highest BCUT2D eigenvalue weighted by molar-refractivity contribution is 9.10. The van der Waals surface area contributed by atoms with E-state index in [1.54, 1.807) is 30.3 Å². The molecule has 0 aliphatic rings. The van der Waals surface area contributed by atoms with E-state index >= 15 is 0 Å². The normalized spacial score (nSPS) is 11.2. The molecule has 2 rings (SSSR count). The number of hydrogen-bond acceptors (Lipinski definition) is 5. The first-order chi connectivity index (χ1) is 11.9. The molecule has 0 aromatic heterocycles. The SMILES string of the molecule is CCOc1ccc(CNS(=O)(=O)c2cc(Br)ccc2OC)cc1OC. The van der Waals surface area contributed by atoms with Gasteiger partial charge in [-0.2, -0.15) is 0 Å². The van der Waals surface area contributed by atoms with Crippen molar-refractivity contribution in [3.63, 3.8) is 0 Å². The van der Waals surface area contributed by atoms with Crippen LogP contribution in [-0.4, -0.2) is 29.2 Å². The van der Waals surface area contributed by atoms with E-state index in [2.05, 4.69) is 20.7 Å². The summed E-state index contributed by atoms with van der Waals surface area (Å²) in [5.41, 5.74) is 0.748. The maximum atomic E-state index is 12.6. The molecule has 8 heteroatoms. The molecule has 6 nitrogen and oxygen atoms in total. The summed E-state index contributed by atoms with van der Waals surface area (Å²) in [5.74, 6) is 1.45. The minimum atomic E-state index is -3.74. The van der Waals surface area contributed by atoms with Gasteiger partial charge < -0.3 is 14.2 Å². The number of ether oxygens (including phenoxy) is 3. The van der Waals surface area contributed by atoms with Gasteiger partial charge in [0.15, 0.2) is 11.5 Å². The van der Waals surface area contributed by atoms with Crippen LogP contribution in [0.3, 0.4) is 0 Å². The Labute approximate surface area is 156 Å². The fourth-order valence-corrected chi connectivity index (χ4v) is 3.94. The molecule has 0 radical (unpaired) electrons. The molecule has 2 aromatic carbocycles. The van der Waals surface area contributed by atoms with Crippen molar-refractivity contribution in [3.05, 3.63) is 46.4 Å². The fourth-order valence-electron chi connectivity index (χ4n) is 2.21. The third kappa shape index (κ3) is 4.87. The summed E-state index contributed by atoms with van der Waals surface area (Å²) in [6, 6.07) is 10.1. The summed E-state index contributed by atoms with van der Waals surface area (Å²) < 4.78 is 44.3. The Morgan fingerprint density at radius 2 is 1.68 bits per heavy atom. The molecule has 0 heterocycles. The molecule has 0 saturated carbocycles. The average molecular weight is 430 g/mol. The van der Waals surface area contributed by atoms with Crippen molar-refractivity contribution < 1.29 is 22.6 Å². The summed E-state index contributed by atoms with van der Waals surface area (Å²) in [6.07, 6.45) is 0. The van der Waals surface area contributed by atoms with Crippen LogP contribution >= 0.6 is 15.9 Å². The highest BCUT2D eigenvalue weighted by Crippen LogP contribution is 2.29. The van der Waals surface area contributed by atoms with E-state index in [1.807, 2.05) is 6.92 Å². The highest BCUT2D eigenvalue weighted by atomic mass is 79.9.